The van der Waals surface area contributed by atoms with Gasteiger partial charge in [0.2, 0.25) is 0 Å². The van der Waals surface area contributed by atoms with E-state index in [2.05, 4.69) is 9.97 Å². The Labute approximate surface area is 180 Å². The van der Waals surface area contributed by atoms with Crippen LogP contribution in [-0.4, -0.2) is 46.3 Å². The number of aromatic amines is 1. The number of hydrogen-bond acceptors (Lipinski definition) is 5. The summed E-state index contributed by atoms with van der Waals surface area (Å²) in [6.07, 6.45) is 3.27. The Hall–Kier alpha value is -3.41. The van der Waals surface area contributed by atoms with Crippen molar-refractivity contribution in [3.05, 3.63) is 54.4 Å². The van der Waals surface area contributed by atoms with E-state index in [0.717, 1.165) is 40.1 Å². The Balaban J connectivity index is 1.67. The van der Waals surface area contributed by atoms with E-state index < -0.39 is 37.7 Å². The molecular formula is C20H17F3N4O4S. The topological polar surface area (TPSA) is 103 Å². The number of rotatable bonds is 4. The molecule has 32 heavy (non-hydrogen) atoms. The minimum Gasteiger partial charge on any atom is -0.346 e. The van der Waals surface area contributed by atoms with Crippen molar-refractivity contribution in [1.82, 2.24) is 14.9 Å². The third-order valence-corrected chi connectivity index (χ3v) is 6.91. The van der Waals surface area contributed by atoms with Gasteiger partial charge in [-0.2, -0.15) is 13.2 Å². The van der Waals surface area contributed by atoms with Gasteiger partial charge >= 0.3 is 11.5 Å². The highest BCUT2D eigenvalue weighted by atomic mass is 32.2. The van der Waals surface area contributed by atoms with Crippen LogP contribution >= 0.6 is 0 Å². The first kappa shape index (κ1) is 21.8. The van der Waals surface area contributed by atoms with Crippen molar-refractivity contribution >= 4 is 38.5 Å². The summed E-state index contributed by atoms with van der Waals surface area (Å²) in [6.45, 7) is 3.21. The number of halogens is 3. The molecule has 8 nitrogen and oxygen atoms in total. The second-order valence-corrected chi connectivity index (χ2v) is 9.66. The lowest BCUT2D eigenvalue weighted by Crippen LogP contribution is -2.43. The Morgan fingerprint density at radius 2 is 1.72 bits per heavy atom. The van der Waals surface area contributed by atoms with Gasteiger partial charge in [-0.3, -0.25) is 4.79 Å². The molecule has 3 aromatic rings. The summed E-state index contributed by atoms with van der Waals surface area (Å²) in [5.41, 5.74) is -5.37. The highest BCUT2D eigenvalue weighted by Gasteiger charge is 2.52. The van der Waals surface area contributed by atoms with Crippen molar-refractivity contribution in [3.8, 4) is 0 Å². The van der Waals surface area contributed by atoms with Crippen LogP contribution in [0.15, 0.2) is 53.7 Å². The third-order valence-electron chi connectivity index (χ3n) is 5.41. The highest BCUT2D eigenvalue weighted by molar-refractivity contribution is 7.92. The van der Waals surface area contributed by atoms with Crippen LogP contribution in [0.1, 0.15) is 19.4 Å². The molecule has 1 aliphatic rings. The summed E-state index contributed by atoms with van der Waals surface area (Å²) in [6, 6.07) is 6.30. The van der Waals surface area contributed by atoms with E-state index in [1.807, 2.05) is 0 Å². The Morgan fingerprint density at radius 1 is 1.06 bits per heavy atom. The van der Waals surface area contributed by atoms with Gasteiger partial charge in [-0.15, -0.1) is 0 Å². The van der Waals surface area contributed by atoms with Crippen LogP contribution in [0.25, 0.3) is 11.0 Å². The minimum absolute atomic E-state index is 0.0294. The van der Waals surface area contributed by atoms with Crippen LogP contribution in [0.2, 0.25) is 0 Å². The fourth-order valence-corrected chi connectivity index (χ4v) is 4.32. The molecule has 1 saturated heterocycles. The number of aromatic nitrogens is 2. The highest BCUT2D eigenvalue weighted by Crippen LogP contribution is 2.36. The smallest absolute Gasteiger partial charge is 0.346 e. The van der Waals surface area contributed by atoms with E-state index in [9.17, 15) is 31.2 Å². The number of sulfone groups is 1. The van der Waals surface area contributed by atoms with Crippen LogP contribution < -0.4 is 4.90 Å². The van der Waals surface area contributed by atoms with Crippen molar-refractivity contribution in [1.29, 1.82) is 0 Å². The number of carbonyl (C=O) groups is 2. The number of fused-ring (bicyclic) bond motifs is 1. The molecule has 3 heterocycles. The Morgan fingerprint density at radius 3 is 2.34 bits per heavy atom. The quantitative estimate of drug-likeness (QED) is 0.592. The zero-order valence-corrected chi connectivity index (χ0v) is 17.7. The van der Waals surface area contributed by atoms with E-state index in [1.165, 1.54) is 4.90 Å². The summed E-state index contributed by atoms with van der Waals surface area (Å²) >= 11 is 0. The Bertz CT molecular complexity index is 1330. The van der Waals surface area contributed by atoms with Crippen molar-refractivity contribution in [2.24, 2.45) is 0 Å². The normalized spacial score (nSPS) is 16.9. The molecule has 168 valence electrons. The molecule has 0 spiro atoms. The summed E-state index contributed by atoms with van der Waals surface area (Å²) in [7, 11) is -5.54. The van der Waals surface area contributed by atoms with Gasteiger partial charge in [0, 0.05) is 24.3 Å². The van der Waals surface area contributed by atoms with Crippen LogP contribution in [0.3, 0.4) is 0 Å². The minimum atomic E-state index is -5.54. The molecule has 0 unspecified atom stereocenters. The number of hydrogen-bond donors (Lipinski definition) is 1. The van der Waals surface area contributed by atoms with E-state index >= 15 is 0 Å². The van der Waals surface area contributed by atoms with Gasteiger partial charge in [-0.05, 0) is 55.8 Å². The molecule has 0 saturated carbocycles. The van der Waals surface area contributed by atoms with Gasteiger partial charge < -0.3 is 9.88 Å². The third kappa shape index (κ3) is 3.22. The summed E-state index contributed by atoms with van der Waals surface area (Å²) in [5, 5.41) is 0.781. The van der Waals surface area contributed by atoms with Gasteiger partial charge in [-0.25, -0.2) is 23.1 Å². The van der Waals surface area contributed by atoms with Gasteiger partial charge in [0.15, 0.2) is 0 Å². The molecule has 1 N–H and O–H groups in total. The van der Waals surface area contributed by atoms with Gasteiger partial charge in [0.05, 0.1) is 10.6 Å². The first-order valence-electron chi connectivity index (χ1n) is 9.34. The maximum Gasteiger partial charge on any atom is 0.501 e. The SMILES string of the molecule is CC1(C)C(=O)N(c2ccc(S(=O)(=O)C(F)(F)F)cc2)C(=O)N1Cc1ccnc2[nH]ccc12. The molecule has 2 aromatic heterocycles. The first-order valence-corrected chi connectivity index (χ1v) is 10.8. The monoisotopic (exact) mass is 466 g/mol. The number of amides is 3. The molecule has 12 heteroatoms. The number of pyridine rings is 1. The van der Waals surface area contributed by atoms with E-state index in [0.29, 0.717) is 5.65 Å². The second-order valence-electron chi connectivity index (χ2n) is 7.72. The van der Waals surface area contributed by atoms with Crippen molar-refractivity contribution < 1.29 is 31.2 Å². The molecular weight excluding hydrogens is 449 g/mol. The van der Waals surface area contributed by atoms with Crippen molar-refractivity contribution in [2.45, 2.75) is 36.3 Å². The lowest BCUT2D eigenvalue weighted by atomic mass is 10.0. The number of alkyl halides is 3. The fraction of sp³-hybridized carbons (Fsp3) is 0.250. The molecule has 1 fully saturated rings. The molecule has 0 radical (unpaired) electrons. The van der Waals surface area contributed by atoms with Gasteiger partial charge in [0.25, 0.3) is 15.7 Å². The van der Waals surface area contributed by atoms with Crippen LogP contribution in [0.4, 0.5) is 23.7 Å². The van der Waals surface area contributed by atoms with Gasteiger partial charge in [0.1, 0.15) is 11.2 Å². The van der Waals surface area contributed by atoms with Crippen LogP contribution in [0, 0.1) is 0 Å². The largest absolute Gasteiger partial charge is 0.501 e. The lowest BCUT2D eigenvalue weighted by Gasteiger charge is -2.27. The number of nitrogens with one attached hydrogen (secondary N) is 1. The second kappa shape index (κ2) is 7.05. The average Bonchev–Trinajstić information content (AvgIpc) is 3.26. The van der Waals surface area contributed by atoms with E-state index in [1.54, 1.807) is 38.4 Å². The van der Waals surface area contributed by atoms with Crippen LogP contribution in [-0.2, 0) is 21.2 Å². The zero-order chi connectivity index (χ0) is 23.5. The first-order chi connectivity index (χ1) is 14.9. The maximum absolute atomic E-state index is 13.2. The van der Waals surface area contributed by atoms with Crippen LogP contribution in [0.5, 0.6) is 0 Å². The van der Waals surface area contributed by atoms with Gasteiger partial charge in [-0.1, -0.05) is 0 Å². The standard InChI is InChI=1S/C20H17F3N4O4S/c1-19(2)17(28)27(13-3-5-14(6-4-13)32(30,31)20(21,22)23)18(29)26(19)11-12-7-9-24-16-15(12)8-10-25-16/h3-10H,11H2,1-2H3,(H,24,25). The average molecular weight is 466 g/mol. The lowest BCUT2D eigenvalue weighted by molar-refractivity contribution is -0.123. The van der Waals surface area contributed by atoms with E-state index in [-0.39, 0.29) is 12.2 Å². The molecule has 0 aliphatic carbocycles. The molecule has 4 rings (SSSR count). The van der Waals surface area contributed by atoms with E-state index in [4.69, 9.17) is 0 Å². The maximum atomic E-state index is 13.2. The summed E-state index contributed by atoms with van der Waals surface area (Å²) in [4.78, 5) is 34.6. The molecule has 3 amide bonds. The Kier molecular flexibility index (Phi) is 4.81. The predicted octanol–water partition coefficient (Wildman–Crippen LogP) is 3.60. The number of anilines is 1. The van der Waals surface area contributed by atoms with Crippen molar-refractivity contribution in [3.63, 3.8) is 0 Å². The number of nitrogens with zero attached hydrogens (tertiary/aromatic N) is 3. The number of urea groups is 1. The number of imide groups is 1. The zero-order valence-electron chi connectivity index (χ0n) is 16.8. The fourth-order valence-electron chi connectivity index (χ4n) is 3.56. The molecule has 1 aromatic carbocycles. The number of carbonyl (C=O) groups excluding carboxylic acids is 2. The molecule has 0 atom stereocenters. The summed E-state index contributed by atoms with van der Waals surface area (Å²) < 4.78 is 61.5. The molecule has 1 aliphatic heterocycles. The number of benzene rings is 1. The predicted molar refractivity (Wildman–Crippen MR) is 108 cm³/mol. The molecule has 0 bridgehead atoms. The summed E-state index contributed by atoms with van der Waals surface area (Å²) in [5.74, 6) is -0.590. The van der Waals surface area contributed by atoms with Crippen molar-refractivity contribution in [2.75, 3.05) is 4.90 Å². The number of H-pyrrole nitrogens is 1.